The fourth-order valence-corrected chi connectivity index (χ4v) is 5.42. The standard InChI is InChI=1S/C31H40Cl2N6O5/c1-40-28-19-27(24(32)17-25(28)33)37-31-22(20-35)21-36-26-18-30(29(41-2)16-23(26)31)44-11-3-5-38-6-8-39(9-7-38)10-13-43-15-14-42-12-4-34/h16-19,21H,3-15,34H2,1-2H3,(H,36,37). The van der Waals surface area contributed by atoms with E-state index in [0.717, 1.165) is 45.7 Å². The Kier molecular flexibility index (Phi) is 13.4. The zero-order chi connectivity index (χ0) is 31.3. The predicted molar refractivity (Wildman–Crippen MR) is 173 cm³/mol. The second kappa shape index (κ2) is 17.4. The summed E-state index contributed by atoms with van der Waals surface area (Å²) in [6.07, 6.45) is 2.39. The number of halogens is 2. The van der Waals surface area contributed by atoms with Crippen LogP contribution in [0.15, 0.2) is 30.5 Å². The van der Waals surface area contributed by atoms with Crippen LogP contribution in [-0.4, -0.2) is 108 Å². The quantitative estimate of drug-likeness (QED) is 0.200. The van der Waals surface area contributed by atoms with E-state index in [1.54, 1.807) is 19.2 Å². The Morgan fingerprint density at radius 1 is 0.864 bits per heavy atom. The molecule has 3 N–H and O–H groups in total. The van der Waals surface area contributed by atoms with Crippen molar-refractivity contribution in [2.45, 2.75) is 6.42 Å². The number of aromatic nitrogens is 1. The monoisotopic (exact) mass is 646 g/mol. The van der Waals surface area contributed by atoms with E-state index in [4.69, 9.17) is 52.6 Å². The van der Waals surface area contributed by atoms with Crippen LogP contribution in [0.25, 0.3) is 10.9 Å². The van der Waals surface area contributed by atoms with Gasteiger partial charge >= 0.3 is 0 Å². The first-order chi connectivity index (χ1) is 21.5. The highest BCUT2D eigenvalue weighted by atomic mass is 35.5. The molecule has 3 aromatic rings. The highest BCUT2D eigenvalue weighted by Crippen LogP contribution is 2.40. The number of nitriles is 1. The van der Waals surface area contributed by atoms with E-state index in [1.165, 1.54) is 13.3 Å². The third kappa shape index (κ3) is 9.22. The Morgan fingerprint density at radius 3 is 2.25 bits per heavy atom. The van der Waals surface area contributed by atoms with Gasteiger partial charge in [0.05, 0.1) is 79.8 Å². The molecule has 0 amide bonds. The Balaban J connectivity index is 1.31. The number of nitrogens with zero attached hydrogens (tertiary/aromatic N) is 4. The maximum Gasteiger partial charge on any atom is 0.163 e. The van der Waals surface area contributed by atoms with Crippen LogP contribution in [-0.2, 0) is 9.47 Å². The summed E-state index contributed by atoms with van der Waals surface area (Å²) >= 11 is 12.7. The maximum atomic E-state index is 9.81. The first kappa shape index (κ1) is 33.8. The number of anilines is 2. The van der Waals surface area contributed by atoms with Gasteiger partial charge in [0.25, 0.3) is 0 Å². The normalized spacial score (nSPS) is 14.0. The summed E-state index contributed by atoms with van der Waals surface area (Å²) in [5, 5.41) is 14.5. The first-order valence-electron chi connectivity index (χ1n) is 14.6. The molecule has 0 atom stereocenters. The van der Waals surface area contributed by atoms with E-state index in [1.807, 2.05) is 12.1 Å². The largest absolute Gasteiger partial charge is 0.495 e. The van der Waals surface area contributed by atoms with Crippen molar-refractivity contribution in [2.75, 3.05) is 98.4 Å². The average molecular weight is 648 g/mol. The Hall–Kier alpha value is -3.08. The lowest BCUT2D eigenvalue weighted by Crippen LogP contribution is -2.47. The van der Waals surface area contributed by atoms with Gasteiger partial charge in [-0.1, -0.05) is 23.2 Å². The summed E-state index contributed by atoms with van der Waals surface area (Å²) in [4.78, 5) is 9.39. The molecular weight excluding hydrogens is 607 g/mol. The molecule has 0 saturated carbocycles. The van der Waals surface area contributed by atoms with Gasteiger partial charge in [-0.2, -0.15) is 5.26 Å². The molecule has 0 radical (unpaired) electrons. The summed E-state index contributed by atoms with van der Waals surface area (Å²) in [5.41, 5.74) is 7.47. The van der Waals surface area contributed by atoms with Crippen molar-refractivity contribution in [3.63, 3.8) is 0 Å². The lowest BCUT2D eigenvalue weighted by atomic mass is 10.1. The summed E-state index contributed by atoms with van der Waals surface area (Å²) in [6, 6.07) is 9.12. The third-order valence-electron chi connectivity index (χ3n) is 7.30. The van der Waals surface area contributed by atoms with Crippen LogP contribution in [0, 0.1) is 11.3 Å². The number of methoxy groups -OCH3 is 2. The average Bonchev–Trinajstić information content (AvgIpc) is 3.04. The molecule has 44 heavy (non-hydrogen) atoms. The van der Waals surface area contributed by atoms with E-state index in [-0.39, 0.29) is 0 Å². The molecule has 2 aromatic carbocycles. The van der Waals surface area contributed by atoms with Gasteiger partial charge in [0, 0.05) is 69.5 Å². The molecule has 0 bridgehead atoms. The van der Waals surface area contributed by atoms with Crippen molar-refractivity contribution >= 4 is 45.5 Å². The number of rotatable bonds is 17. The minimum absolute atomic E-state index is 0.346. The molecule has 1 saturated heterocycles. The minimum atomic E-state index is 0.346. The second-order valence-electron chi connectivity index (χ2n) is 10.2. The lowest BCUT2D eigenvalue weighted by Gasteiger charge is -2.34. The van der Waals surface area contributed by atoms with Crippen LogP contribution in [0.1, 0.15) is 12.0 Å². The van der Waals surface area contributed by atoms with Crippen molar-refractivity contribution in [3.8, 4) is 23.3 Å². The van der Waals surface area contributed by atoms with Crippen LogP contribution in [0.3, 0.4) is 0 Å². The van der Waals surface area contributed by atoms with Gasteiger partial charge in [0.1, 0.15) is 11.8 Å². The first-order valence-corrected chi connectivity index (χ1v) is 15.4. The van der Waals surface area contributed by atoms with Gasteiger partial charge in [0.2, 0.25) is 0 Å². The van der Waals surface area contributed by atoms with Crippen molar-refractivity contribution in [1.29, 1.82) is 5.26 Å². The van der Waals surface area contributed by atoms with Crippen molar-refractivity contribution in [1.82, 2.24) is 14.8 Å². The zero-order valence-electron chi connectivity index (χ0n) is 25.2. The fourth-order valence-electron chi connectivity index (χ4n) is 4.91. The Bertz CT molecular complexity index is 1410. The molecule has 2 heterocycles. The van der Waals surface area contributed by atoms with Crippen LogP contribution in [0.4, 0.5) is 11.4 Å². The highest BCUT2D eigenvalue weighted by molar-refractivity contribution is 6.37. The van der Waals surface area contributed by atoms with Crippen molar-refractivity contribution in [2.24, 2.45) is 5.73 Å². The maximum absolute atomic E-state index is 9.81. The molecule has 0 unspecified atom stereocenters. The van der Waals surface area contributed by atoms with E-state index in [2.05, 4.69) is 26.2 Å². The number of pyridine rings is 1. The Morgan fingerprint density at radius 2 is 1.57 bits per heavy atom. The topological polar surface area (TPSA) is 127 Å². The van der Waals surface area contributed by atoms with Crippen LogP contribution < -0.4 is 25.3 Å². The zero-order valence-corrected chi connectivity index (χ0v) is 26.8. The van der Waals surface area contributed by atoms with Gasteiger partial charge in [0.15, 0.2) is 11.5 Å². The summed E-state index contributed by atoms with van der Waals surface area (Å²) in [6.45, 7) is 9.49. The number of nitrogens with one attached hydrogen (secondary N) is 1. The number of hydrogen-bond donors (Lipinski definition) is 2. The minimum Gasteiger partial charge on any atom is -0.495 e. The molecule has 238 valence electrons. The van der Waals surface area contributed by atoms with Gasteiger partial charge in [-0.3, -0.25) is 9.88 Å². The molecule has 13 heteroatoms. The smallest absolute Gasteiger partial charge is 0.163 e. The summed E-state index contributed by atoms with van der Waals surface area (Å²) < 4.78 is 28.1. The van der Waals surface area contributed by atoms with E-state index >= 15 is 0 Å². The Labute approximate surface area is 268 Å². The molecule has 1 fully saturated rings. The molecular formula is C31H40Cl2N6O5. The molecule has 1 aromatic heterocycles. The predicted octanol–water partition coefficient (Wildman–Crippen LogP) is 4.55. The van der Waals surface area contributed by atoms with E-state index < -0.39 is 0 Å². The van der Waals surface area contributed by atoms with E-state index in [0.29, 0.717) is 94.7 Å². The summed E-state index contributed by atoms with van der Waals surface area (Å²) in [7, 11) is 3.11. The second-order valence-corrected chi connectivity index (χ2v) is 11.0. The number of hydrogen-bond acceptors (Lipinski definition) is 11. The molecule has 0 aliphatic carbocycles. The van der Waals surface area contributed by atoms with Crippen LogP contribution in [0.5, 0.6) is 17.2 Å². The number of ether oxygens (including phenoxy) is 5. The van der Waals surface area contributed by atoms with Gasteiger partial charge in [-0.15, -0.1) is 0 Å². The fraction of sp³-hybridized carbons (Fsp3) is 0.484. The van der Waals surface area contributed by atoms with Crippen LogP contribution >= 0.6 is 23.2 Å². The summed E-state index contributed by atoms with van der Waals surface area (Å²) in [5.74, 6) is 1.59. The van der Waals surface area contributed by atoms with Crippen LogP contribution in [0.2, 0.25) is 10.0 Å². The van der Waals surface area contributed by atoms with Gasteiger partial charge < -0.3 is 39.6 Å². The molecule has 4 rings (SSSR count). The number of benzene rings is 2. The molecule has 0 spiro atoms. The SMILES string of the molecule is COc1cc(Nc2c(C#N)cnc3cc(OCCCN4CCN(CCOCCOCCN)CC4)c(OC)cc23)c(Cl)cc1Cl. The van der Waals surface area contributed by atoms with Crippen molar-refractivity contribution < 1.29 is 23.7 Å². The van der Waals surface area contributed by atoms with E-state index in [9.17, 15) is 5.26 Å². The van der Waals surface area contributed by atoms with Gasteiger partial charge in [-0.05, 0) is 18.6 Å². The number of nitrogens with two attached hydrogens (primary N) is 1. The molecule has 1 aliphatic heterocycles. The molecule has 1 aliphatic rings. The van der Waals surface area contributed by atoms with Gasteiger partial charge in [-0.25, -0.2) is 0 Å². The lowest BCUT2D eigenvalue weighted by molar-refractivity contribution is 0.0334. The third-order valence-corrected chi connectivity index (χ3v) is 7.91. The highest BCUT2D eigenvalue weighted by Gasteiger charge is 2.18. The number of fused-ring (bicyclic) bond motifs is 1. The number of piperazine rings is 1. The molecule has 11 nitrogen and oxygen atoms in total. The van der Waals surface area contributed by atoms with Crippen molar-refractivity contribution in [3.05, 3.63) is 46.1 Å².